The lowest BCUT2D eigenvalue weighted by Crippen LogP contribution is -2.37. The van der Waals surface area contributed by atoms with Gasteiger partial charge in [-0.2, -0.15) is 0 Å². The summed E-state index contributed by atoms with van der Waals surface area (Å²) in [4.78, 5) is 30.4. The van der Waals surface area contributed by atoms with Crippen LogP contribution in [0.25, 0.3) is 0 Å². The molecule has 6 heteroatoms. The lowest BCUT2D eigenvalue weighted by atomic mass is 10.1. The van der Waals surface area contributed by atoms with Crippen molar-refractivity contribution in [2.24, 2.45) is 0 Å². The minimum Gasteiger partial charge on any atom is -0.352 e. The molecule has 0 aromatic carbocycles. The summed E-state index contributed by atoms with van der Waals surface area (Å²) >= 11 is 0. The first-order valence-corrected chi connectivity index (χ1v) is 6.57. The molecule has 1 unspecified atom stereocenters. The van der Waals surface area contributed by atoms with E-state index in [9.17, 15) is 9.59 Å². The van der Waals surface area contributed by atoms with Gasteiger partial charge >= 0.3 is 0 Å². The molecule has 2 rings (SSSR count). The van der Waals surface area contributed by atoms with Crippen LogP contribution in [0.1, 0.15) is 42.9 Å². The van der Waals surface area contributed by atoms with Gasteiger partial charge in [0.2, 0.25) is 5.91 Å². The second-order valence-corrected chi connectivity index (χ2v) is 5.09. The molecule has 1 heterocycles. The van der Waals surface area contributed by atoms with E-state index in [1.165, 1.54) is 0 Å². The maximum atomic E-state index is 11.9. The summed E-state index contributed by atoms with van der Waals surface area (Å²) in [7, 11) is 0. The first-order valence-electron chi connectivity index (χ1n) is 6.57. The van der Waals surface area contributed by atoms with E-state index in [4.69, 9.17) is 0 Å². The molecule has 1 atom stereocenters. The number of aromatic amines is 1. The van der Waals surface area contributed by atoms with Gasteiger partial charge in [-0.1, -0.05) is 0 Å². The number of H-pyrrole nitrogens is 1. The molecule has 0 bridgehead atoms. The highest BCUT2D eigenvalue weighted by Crippen LogP contribution is 2.18. The Hall–Kier alpha value is -1.69. The first-order chi connectivity index (χ1) is 8.97. The molecule has 0 aliphatic heterocycles. The van der Waals surface area contributed by atoms with Crippen molar-refractivity contribution in [1.82, 2.24) is 20.6 Å². The Kier molecular flexibility index (Phi) is 3.99. The molecule has 3 N–H and O–H groups in total. The normalized spacial score (nSPS) is 16.2. The zero-order valence-electron chi connectivity index (χ0n) is 11.5. The van der Waals surface area contributed by atoms with Crippen LogP contribution in [-0.4, -0.2) is 28.5 Å². The van der Waals surface area contributed by atoms with E-state index in [1.807, 2.05) is 6.92 Å². The maximum Gasteiger partial charge on any atom is 0.255 e. The minimum absolute atomic E-state index is 0.0245. The van der Waals surface area contributed by atoms with Crippen LogP contribution in [0.15, 0.2) is 4.79 Å². The summed E-state index contributed by atoms with van der Waals surface area (Å²) in [6.45, 7) is 5.63. The van der Waals surface area contributed by atoms with E-state index < -0.39 is 0 Å². The fourth-order valence-corrected chi connectivity index (χ4v) is 2.10. The number of carbonyl (C=O) groups excluding carboxylic acids is 1. The molecule has 6 nitrogen and oxygen atoms in total. The Labute approximate surface area is 112 Å². The Balaban J connectivity index is 1.97. The SMILES string of the molecule is Cc1nc(C)c(C(C)NCC(=O)NC2CC2)c(=O)[nH]1. The molecule has 1 saturated carbocycles. The fourth-order valence-electron chi connectivity index (χ4n) is 2.10. The summed E-state index contributed by atoms with van der Waals surface area (Å²) < 4.78 is 0. The summed E-state index contributed by atoms with van der Waals surface area (Å²) in [5.41, 5.74) is 1.14. The molecule has 1 aromatic rings. The molecule has 1 fully saturated rings. The standard InChI is InChI=1S/C13H20N4O2/c1-7(14-6-11(18)17-10-4-5-10)12-8(2)15-9(3)16-13(12)19/h7,10,14H,4-6H2,1-3H3,(H,17,18)(H,15,16,19). The number of carbonyl (C=O) groups is 1. The van der Waals surface area contributed by atoms with Gasteiger partial charge in [0.05, 0.1) is 12.1 Å². The summed E-state index contributed by atoms with van der Waals surface area (Å²) in [5.74, 6) is 0.577. The number of rotatable bonds is 5. The van der Waals surface area contributed by atoms with Crippen molar-refractivity contribution in [3.05, 3.63) is 27.4 Å². The van der Waals surface area contributed by atoms with Crippen LogP contribution >= 0.6 is 0 Å². The van der Waals surface area contributed by atoms with Gasteiger partial charge in [0.1, 0.15) is 5.82 Å². The minimum atomic E-state index is -0.207. The third-order valence-electron chi connectivity index (χ3n) is 3.21. The monoisotopic (exact) mass is 264 g/mol. The van der Waals surface area contributed by atoms with Crippen molar-refractivity contribution in [3.63, 3.8) is 0 Å². The van der Waals surface area contributed by atoms with Gasteiger partial charge in [-0.3, -0.25) is 9.59 Å². The van der Waals surface area contributed by atoms with E-state index in [2.05, 4.69) is 20.6 Å². The van der Waals surface area contributed by atoms with Crippen LogP contribution in [0.3, 0.4) is 0 Å². The number of hydrogen-bond acceptors (Lipinski definition) is 4. The van der Waals surface area contributed by atoms with Crippen LogP contribution in [0.4, 0.5) is 0 Å². The number of nitrogens with zero attached hydrogens (tertiary/aromatic N) is 1. The molecular weight excluding hydrogens is 244 g/mol. The van der Waals surface area contributed by atoms with Gasteiger partial charge in [-0.15, -0.1) is 0 Å². The Morgan fingerprint density at radius 1 is 1.47 bits per heavy atom. The van der Waals surface area contributed by atoms with Gasteiger partial charge < -0.3 is 15.6 Å². The molecule has 104 valence electrons. The van der Waals surface area contributed by atoms with Gasteiger partial charge in [-0.25, -0.2) is 4.98 Å². The first kappa shape index (κ1) is 13.7. The lowest BCUT2D eigenvalue weighted by Gasteiger charge is -2.15. The number of amides is 1. The van der Waals surface area contributed by atoms with Crippen molar-refractivity contribution >= 4 is 5.91 Å². The summed E-state index contributed by atoms with van der Waals surface area (Å²) in [5, 5.41) is 5.96. The molecule has 19 heavy (non-hydrogen) atoms. The average Bonchev–Trinajstić information content (AvgIpc) is 3.08. The second-order valence-electron chi connectivity index (χ2n) is 5.09. The van der Waals surface area contributed by atoms with Crippen LogP contribution < -0.4 is 16.2 Å². The summed E-state index contributed by atoms with van der Waals surface area (Å²) in [6, 6.07) is 0.151. The van der Waals surface area contributed by atoms with Crippen LogP contribution in [0, 0.1) is 13.8 Å². The molecule has 0 saturated heterocycles. The van der Waals surface area contributed by atoms with Crippen LogP contribution in [0.2, 0.25) is 0 Å². The van der Waals surface area contributed by atoms with Gasteiger partial charge in [0.15, 0.2) is 0 Å². The zero-order valence-corrected chi connectivity index (χ0v) is 11.5. The van der Waals surface area contributed by atoms with Crippen molar-refractivity contribution in [2.45, 2.75) is 45.7 Å². The molecular formula is C13H20N4O2. The fraction of sp³-hybridized carbons (Fsp3) is 0.615. The predicted octanol–water partition coefficient (Wildman–Crippen LogP) is 0.316. The lowest BCUT2D eigenvalue weighted by molar-refractivity contribution is -0.120. The molecule has 1 amide bonds. The van der Waals surface area contributed by atoms with E-state index in [-0.39, 0.29) is 24.1 Å². The zero-order chi connectivity index (χ0) is 14.0. The molecule has 1 aromatic heterocycles. The number of aryl methyl sites for hydroxylation is 2. The smallest absolute Gasteiger partial charge is 0.255 e. The maximum absolute atomic E-state index is 11.9. The van der Waals surface area contributed by atoms with E-state index in [0.717, 1.165) is 12.8 Å². The quantitative estimate of drug-likeness (QED) is 0.714. The summed E-state index contributed by atoms with van der Waals surface area (Å²) in [6.07, 6.45) is 2.14. The van der Waals surface area contributed by atoms with Gasteiger partial charge in [-0.05, 0) is 33.6 Å². The van der Waals surface area contributed by atoms with Crippen molar-refractivity contribution in [2.75, 3.05) is 6.54 Å². The third-order valence-corrected chi connectivity index (χ3v) is 3.21. The van der Waals surface area contributed by atoms with Gasteiger partial charge in [0.25, 0.3) is 5.56 Å². The van der Waals surface area contributed by atoms with Crippen molar-refractivity contribution in [3.8, 4) is 0 Å². The van der Waals surface area contributed by atoms with Crippen LogP contribution in [0.5, 0.6) is 0 Å². The van der Waals surface area contributed by atoms with Gasteiger partial charge in [0, 0.05) is 17.8 Å². The van der Waals surface area contributed by atoms with Crippen LogP contribution in [-0.2, 0) is 4.79 Å². The molecule has 0 spiro atoms. The third kappa shape index (κ3) is 3.64. The number of aromatic nitrogens is 2. The highest BCUT2D eigenvalue weighted by molar-refractivity contribution is 5.78. The molecule has 1 aliphatic rings. The van der Waals surface area contributed by atoms with Crippen molar-refractivity contribution in [1.29, 1.82) is 0 Å². The highest BCUT2D eigenvalue weighted by atomic mass is 16.2. The van der Waals surface area contributed by atoms with E-state index >= 15 is 0 Å². The topological polar surface area (TPSA) is 86.9 Å². The van der Waals surface area contributed by atoms with E-state index in [0.29, 0.717) is 23.1 Å². The second kappa shape index (κ2) is 5.52. The number of nitrogens with one attached hydrogen (secondary N) is 3. The predicted molar refractivity (Wildman–Crippen MR) is 71.9 cm³/mol. The Morgan fingerprint density at radius 3 is 2.74 bits per heavy atom. The average molecular weight is 264 g/mol. The largest absolute Gasteiger partial charge is 0.352 e. The highest BCUT2D eigenvalue weighted by Gasteiger charge is 2.23. The Bertz CT molecular complexity index is 534. The molecule has 1 aliphatic carbocycles. The van der Waals surface area contributed by atoms with Crippen molar-refractivity contribution < 1.29 is 4.79 Å². The van der Waals surface area contributed by atoms with E-state index in [1.54, 1.807) is 13.8 Å². The molecule has 0 radical (unpaired) electrons. The Morgan fingerprint density at radius 2 is 2.16 bits per heavy atom. The number of hydrogen-bond donors (Lipinski definition) is 3.